The van der Waals surface area contributed by atoms with Crippen LogP contribution in [-0.2, 0) is 11.3 Å². The summed E-state index contributed by atoms with van der Waals surface area (Å²) in [5.74, 6) is -0.960. The lowest BCUT2D eigenvalue weighted by Crippen LogP contribution is -2.41. The summed E-state index contributed by atoms with van der Waals surface area (Å²) < 4.78 is 13.2. The molecule has 1 atom stereocenters. The van der Waals surface area contributed by atoms with Crippen LogP contribution in [0, 0.1) is 5.82 Å². The number of carbonyl (C=O) groups excluding carboxylic acids is 1. The molecule has 1 aromatic carbocycles. The van der Waals surface area contributed by atoms with Crippen LogP contribution >= 0.6 is 0 Å². The number of phenolic OH excluding ortho intramolecular Hbond substituents is 1. The predicted molar refractivity (Wildman–Crippen MR) is 65.6 cm³/mol. The summed E-state index contributed by atoms with van der Waals surface area (Å²) in [7, 11) is 1.62. The summed E-state index contributed by atoms with van der Waals surface area (Å²) >= 11 is 0. The molecular formula is C13H17FN2O2. The third-order valence-corrected chi connectivity index (χ3v) is 3.31. The molecule has 18 heavy (non-hydrogen) atoms. The highest BCUT2D eigenvalue weighted by atomic mass is 19.1. The van der Waals surface area contributed by atoms with Gasteiger partial charge in [0, 0.05) is 13.6 Å². The van der Waals surface area contributed by atoms with Gasteiger partial charge in [0.1, 0.15) is 0 Å². The van der Waals surface area contributed by atoms with Crippen LogP contribution in [-0.4, -0.2) is 35.5 Å². The SMILES string of the molecule is CNC(=O)C1CCCN1Cc1ccc(O)c(F)c1. The van der Waals surface area contributed by atoms with Crippen molar-refractivity contribution in [2.45, 2.75) is 25.4 Å². The van der Waals surface area contributed by atoms with Crippen molar-refractivity contribution in [2.24, 2.45) is 0 Å². The standard InChI is InChI=1S/C13H17FN2O2/c1-15-13(18)11-3-2-6-16(11)8-9-4-5-12(17)10(14)7-9/h4-5,7,11,17H,2-3,6,8H2,1H3,(H,15,18). The topological polar surface area (TPSA) is 52.6 Å². The fraction of sp³-hybridized carbons (Fsp3) is 0.462. The van der Waals surface area contributed by atoms with E-state index in [9.17, 15) is 9.18 Å². The number of aromatic hydroxyl groups is 1. The normalized spacial score (nSPS) is 20.0. The van der Waals surface area contributed by atoms with Gasteiger partial charge in [0.2, 0.25) is 5.91 Å². The second-order valence-electron chi connectivity index (χ2n) is 4.53. The molecular weight excluding hydrogens is 235 g/mol. The first-order valence-corrected chi connectivity index (χ1v) is 6.05. The molecule has 1 heterocycles. The number of rotatable bonds is 3. The molecule has 0 radical (unpaired) electrons. The summed E-state index contributed by atoms with van der Waals surface area (Å²) in [4.78, 5) is 13.7. The molecule has 0 spiro atoms. The van der Waals surface area contributed by atoms with Gasteiger partial charge in [0.25, 0.3) is 0 Å². The zero-order valence-corrected chi connectivity index (χ0v) is 10.3. The number of halogens is 1. The Morgan fingerprint density at radius 2 is 2.39 bits per heavy atom. The largest absolute Gasteiger partial charge is 0.505 e. The highest BCUT2D eigenvalue weighted by molar-refractivity contribution is 5.81. The van der Waals surface area contributed by atoms with E-state index in [1.807, 2.05) is 4.90 Å². The number of nitrogens with one attached hydrogen (secondary N) is 1. The molecule has 1 aromatic rings. The second-order valence-corrected chi connectivity index (χ2v) is 4.53. The Kier molecular flexibility index (Phi) is 3.81. The number of nitrogens with zero attached hydrogens (tertiary/aromatic N) is 1. The van der Waals surface area contributed by atoms with Gasteiger partial charge in [-0.1, -0.05) is 6.07 Å². The number of amides is 1. The zero-order valence-electron chi connectivity index (χ0n) is 10.3. The predicted octanol–water partition coefficient (Wildman–Crippen LogP) is 1.24. The number of phenols is 1. The van der Waals surface area contributed by atoms with E-state index in [0.29, 0.717) is 6.54 Å². The van der Waals surface area contributed by atoms with E-state index in [-0.39, 0.29) is 17.7 Å². The van der Waals surface area contributed by atoms with Crippen molar-refractivity contribution in [3.8, 4) is 5.75 Å². The maximum absolute atomic E-state index is 13.2. The summed E-state index contributed by atoms with van der Waals surface area (Å²) in [5.41, 5.74) is 0.765. The number of likely N-dealkylation sites (tertiary alicyclic amines) is 1. The minimum atomic E-state index is -0.622. The third-order valence-electron chi connectivity index (χ3n) is 3.31. The lowest BCUT2D eigenvalue weighted by molar-refractivity contribution is -0.125. The molecule has 0 saturated carbocycles. The van der Waals surface area contributed by atoms with Crippen LogP contribution in [0.5, 0.6) is 5.75 Å². The lowest BCUT2D eigenvalue weighted by Gasteiger charge is -2.23. The van der Waals surface area contributed by atoms with Gasteiger partial charge >= 0.3 is 0 Å². The number of benzene rings is 1. The monoisotopic (exact) mass is 252 g/mol. The molecule has 0 aliphatic carbocycles. The Bertz CT molecular complexity index is 451. The van der Waals surface area contributed by atoms with Gasteiger partial charge in [0.05, 0.1) is 6.04 Å². The molecule has 1 aliphatic heterocycles. The first-order chi connectivity index (χ1) is 8.61. The average Bonchev–Trinajstić information content (AvgIpc) is 2.81. The Morgan fingerprint density at radius 3 is 3.06 bits per heavy atom. The molecule has 1 amide bonds. The first kappa shape index (κ1) is 12.8. The van der Waals surface area contributed by atoms with Crippen LogP contribution in [0.3, 0.4) is 0 Å². The Balaban J connectivity index is 2.08. The zero-order chi connectivity index (χ0) is 13.1. The van der Waals surface area contributed by atoms with Gasteiger partial charge in [-0.15, -0.1) is 0 Å². The molecule has 0 aromatic heterocycles. The molecule has 1 unspecified atom stereocenters. The highest BCUT2D eigenvalue weighted by Crippen LogP contribution is 2.22. The van der Waals surface area contributed by atoms with Gasteiger partial charge in [0.15, 0.2) is 11.6 Å². The summed E-state index contributed by atoms with van der Waals surface area (Å²) in [6.07, 6.45) is 1.80. The van der Waals surface area contributed by atoms with Crippen LogP contribution in [0.15, 0.2) is 18.2 Å². The fourth-order valence-electron chi connectivity index (χ4n) is 2.36. The van der Waals surface area contributed by atoms with Gasteiger partial charge in [-0.25, -0.2) is 4.39 Å². The van der Waals surface area contributed by atoms with E-state index in [2.05, 4.69) is 5.32 Å². The number of hydrogen-bond donors (Lipinski definition) is 2. The van der Waals surface area contributed by atoms with Crippen molar-refractivity contribution in [2.75, 3.05) is 13.6 Å². The molecule has 2 rings (SSSR count). The Labute approximate surface area is 105 Å². The molecule has 1 aliphatic rings. The van der Waals surface area contributed by atoms with Crippen LogP contribution in [0.2, 0.25) is 0 Å². The molecule has 0 bridgehead atoms. The quantitative estimate of drug-likeness (QED) is 0.851. The lowest BCUT2D eigenvalue weighted by atomic mass is 10.1. The molecule has 1 fully saturated rings. The molecule has 4 nitrogen and oxygen atoms in total. The van der Waals surface area contributed by atoms with Crippen LogP contribution in [0.25, 0.3) is 0 Å². The van der Waals surface area contributed by atoms with E-state index in [1.54, 1.807) is 13.1 Å². The minimum Gasteiger partial charge on any atom is -0.505 e. The highest BCUT2D eigenvalue weighted by Gasteiger charge is 2.29. The summed E-state index contributed by atoms with van der Waals surface area (Å²) in [5, 5.41) is 11.8. The van der Waals surface area contributed by atoms with Crippen molar-refractivity contribution in [3.63, 3.8) is 0 Å². The maximum Gasteiger partial charge on any atom is 0.237 e. The minimum absolute atomic E-state index is 0.00625. The van der Waals surface area contributed by atoms with Crippen LogP contribution < -0.4 is 5.32 Å². The van der Waals surface area contributed by atoms with Crippen molar-refractivity contribution in [3.05, 3.63) is 29.6 Å². The summed E-state index contributed by atoms with van der Waals surface area (Å²) in [6.45, 7) is 1.36. The molecule has 2 N–H and O–H groups in total. The fourth-order valence-corrected chi connectivity index (χ4v) is 2.36. The Morgan fingerprint density at radius 1 is 1.61 bits per heavy atom. The van der Waals surface area contributed by atoms with E-state index in [4.69, 9.17) is 5.11 Å². The average molecular weight is 252 g/mol. The van der Waals surface area contributed by atoms with E-state index in [1.165, 1.54) is 12.1 Å². The van der Waals surface area contributed by atoms with E-state index in [0.717, 1.165) is 24.9 Å². The maximum atomic E-state index is 13.2. The van der Waals surface area contributed by atoms with E-state index < -0.39 is 5.82 Å². The number of hydrogen-bond acceptors (Lipinski definition) is 3. The van der Waals surface area contributed by atoms with Crippen molar-refractivity contribution in [1.29, 1.82) is 0 Å². The van der Waals surface area contributed by atoms with Gasteiger partial charge in [-0.3, -0.25) is 9.69 Å². The second kappa shape index (κ2) is 5.35. The summed E-state index contributed by atoms with van der Waals surface area (Å²) in [6, 6.07) is 4.20. The van der Waals surface area contributed by atoms with E-state index >= 15 is 0 Å². The van der Waals surface area contributed by atoms with Crippen LogP contribution in [0.1, 0.15) is 18.4 Å². The Hall–Kier alpha value is -1.62. The molecule has 1 saturated heterocycles. The van der Waals surface area contributed by atoms with Gasteiger partial charge < -0.3 is 10.4 Å². The van der Waals surface area contributed by atoms with Gasteiger partial charge in [-0.2, -0.15) is 0 Å². The number of likely N-dealkylation sites (N-methyl/N-ethyl adjacent to an activating group) is 1. The van der Waals surface area contributed by atoms with Crippen molar-refractivity contribution in [1.82, 2.24) is 10.2 Å². The smallest absolute Gasteiger partial charge is 0.237 e. The van der Waals surface area contributed by atoms with Crippen molar-refractivity contribution < 1.29 is 14.3 Å². The number of carbonyl (C=O) groups is 1. The molecule has 98 valence electrons. The third kappa shape index (κ3) is 2.61. The first-order valence-electron chi connectivity index (χ1n) is 6.05. The molecule has 5 heteroatoms. The van der Waals surface area contributed by atoms with Crippen LogP contribution in [0.4, 0.5) is 4.39 Å². The van der Waals surface area contributed by atoms with Gasteiger partial charge in [-0.05, 0) is 37.1 Å². The van der Waals surface area contributed by atoms with Crippen molar-refractivity contribution >= 4 is 5.91 Å².